The van der Waals surface area contributed by atoms with Crippen LogP contribution in [0.25, 0.3) is 67.6 Å². The zero-order chi connectivity index (χ0) is 44.3. The van der Waals surface area contributed by atoms with Gasteiger partial charge in [-0.3, -0.25) is 9.56 Å². The summed E-state index contributed by atoms with van der Waals surface area (Å²) in [5.74, 6) is 0.872. The Hall–Kier alpha value is -8.28. The molecule has 0 radical (unpaired) electrons. The molecule has 1 N–H and O–H groups in total. The van der Waals surface area contributed by atoms with Gasteiger partial charge in [-0.25, -0.2) is 4.98 Å². The number of para-hydroxylation sites is 6. The van der Waals surface area contributed by atoms with Crippen LogP contribution in [0.4, 0.5) is 17.1 Å². The highest BCUT2D eigenvalue weighted by molar-refractivity contribution is 6.15. The Bertz CT molecular complexity index is 3160. The van der Waals surface area contributed by atoms with E-state index in [1.165, 1.54) is 32.9 Å². The summed E-state index contributed by atoms with van der Waals surface area (Å²) < 4.78 is 4.58. The van der Waals surface area contributed by atoms with Crippen LogP contribution < -0.4 is 5.32 Å². The lowest BCUT2D eigenvalue weighted by atomic mass is 9.96. The Balaban J connectivity index is 0.000000315. The van der Waals surface area contributed by atoms with Crippen LogP contribution in [0.15, 0.2) is 224 Å². The van der Waals surface area contributed by atoms with Gasteiger partial charge < -0.3 is 9.88 Å². The Morgan fingerprint density at radius 3 is 1.89 bits per heavy atom. The smallest absolute Gasteiger partial charge is 0.145 e. The largest absolute Gasteiger partial charge is 0.354 e. The lowest BCUT2D eigenvalue weighted by molar-refractivity contribution is 1.01. The maximum Gasteiger partial charge on any atom is 0.145 e. The van der Waals surface area contributed by atoms with Crippen molar-refractivity contribution >= 4 is 68.9 Å². The highest BCUT2D eigenvalue weighted by Gasteiger charge is 2.19. The Morgan fingerprint density at radius 1 is 0.609 bits per heavy atom. The molecule has 9 rings (SSSR count). The number of aliphatic imine (C=N–C) groups is 1. The molecular formula is C59H51N5. The van der Waals surface area contributed by atoms with Gasteiger partial charge in [0, 0.05) is 33.4 Å². The molecule has 0 spiro atoms. The SMILES string of the molecule is C=Cc1nc(C(/C=C(\C=C\C)c2ccc(-c3cccc4c3c3ccccc3n4-c3ccccc3)cc2)=C/C)n(-c2ccccc2)c1/C=C\C.C=Nc1ccccc1Nc1ccccc1. The molecule has 2 aromatic heterocycles. The van der Waals surface area contributed by atoms with E-state index in [1.807, 2.05) is 79.7 Å². The molecule has 0 saturated carbocycles. The monoisotopic (exact) mass is 829 g/mol. The van der Waals surface area contributed by atoms with E-state index in [0.29, 0.717) is 0 Å². The van der Waals surface area contributed by atoms with E-state index in [0.717, 1.165) is 62.4 Å². The predicted molar refractivity (Wildman–Crippen MR) is 276 cm³/mol. The predicted octanol–water partition coefficient (Wildman–Crippen LogP) is 16.1. The molecule has 5 nitrogen and oxygen atoms in total. The highest BCUT2D eigenvalue weighted by atomic mass is 15.1. The van der Waals surface area contributed by atoms with E-state index < -0.39 is 0 Å². The quantitative estimate of drug-likeness (QED) is 0.0985. The number of imidazole rings is 1. The summed E-state index contributed by atoms with van der Waals surface area (Å²) in [5, 5.41) is 5.80. The molecule has 0 atom stereocenters. The number of fused-ring (bicyclic) bond motifs is 3. The van der Waals surface area contributed by atoms with Crippen LogP contribution in [0.2, 0.25) is 0 Å². The maximum atomic E-state index is 5.09. The molecule has 0 saturated heterocycles. The second-order valence-corrected chi connectivity index (χ2v) is 15.1. The molecule has 0 aliphatic rings. The molecule has 0 aliphatic heterocycles. The molecule has 2 heterocycles. The fourth-order valence-electron chi connectivity index (χ4n) is 8.15. The number of rotatable bonds is 12. The number of nitrogens with zero attached hydrogens (tertiary/aromatic N) is 4. The Kier molecular flexibility index (Phi) is 13.3. The van der Waals surface area contributed by atoms with Crippen molar-refractivity contribution in [3.05, 3.63) is 242 Å². The third kappa shape index (κ3) is 8.87. The van der Waals surface area contributed by atoms with Gasteiger partial charge in [-0.05, 0) is 129 Å². The normalized spacial score (nSPS) is 11.9. The van der Waals surface area contributed by atoms with Gasteiger partial charge in [0.25, 0.3) is 0 Å². The molecule has 64 heavy (non-hydrogen) atoms. The molecule has 0 unspecified atom stereocenters. The van der Waals surface area contributed by atoms with Gasteiger partial charge in [-0.15, -0.1) is 0 Å². The van der Waals surface area contributed by atoms with Crippen molar-refractivity contribution in [2.45, 2.75) is 20.8 Å². The summed E-state index contributed by atoms with van der Waals surface area (Å²) in [6.45, 7) is 13.8. The second-order valence-electron chi connectivity index (χ2n) is 15.1. The van der Waals surface area contributed by atoms with Crippen LogP contribution in [0.1, 0.15) is 43.5 Å². The molecule has 0 bridgehead atoms. The van der Waals surface area contributed by atoms with Crippen LogP contribution in [-0.2, 0) is 0 Å². The number of aromatic nitrogens is 3. The number of anilines is 2. The van der Waals surface area contributed by atoms with Crippen molar-refractivity contribution in [3.8, 4) is 22.5 Å². The minimum absolute atomic E-state index is 0.851. The lowest BCUT2D eigenvalue weighted by Gasteiger charge is -2.13. The van der Waals surface area contributed by atoms with Crippen molar-refractivity contribution in [1.82, 2.24) is 14.1 Å². The van der Waals surface area contributed by atoms with Gasteiger partial charge in [0.05, 0.1) is 33.8 Å². The van der Waals surface area contributed by atoms with Gasteiger partial charge in [0.2, 0.25) is 0 Å². The number of nitrogens with one attached hydrogen (secondary N) is 1. The van der Waals surface area contributed by atoms with Gasteiger partial charge in [0.15, 0.2) is 0 Å². The molecule has 0 fully saturated rings. The molecule has 0 aliphatic carbocycles. The number of benzene rings is 7. The van der Waals surface area contributed by atoms with E-state index in [2.05, 4.69) is 198 Å². The fourth-order valence-corrected chi connectivity index (χ4v) is 8.15. The molecule has 9 aromatic rings. The lowest BCUT2D eigenvalue weighted by Crippen LogP contribution is -2.02. The second kappa shape index (κ2) is 20.1. The van der Waals surface area contributed by atoms with Crippen LogP contribution >= 0.6 is 0 Å². The molecular weight excluding hydrogens is 779 g/mol. The molecule has 7 aromatic carbocycles. The van der Waals surface area contributed by atoms with Gasteiger partial charge in [-0.2, -0.15) is 0 Å². The summed E-state index contributed by atoms with van der Waals surface area (Å²) in [7, 11) is 0. The zero-order valence-corrected chi connectivity index (χ0v) is 36.6. The Labute approximate surface area is 376 Å². The van der Waals surface area contributed by atoms with Crippen LogP contribution in [-0.4, -0.2) is 20.8 Å². The summed E-state index contributed by atoms with van der Waals surface area (Å²) >= 11 is 0. The summed E-state index contributed by atoms with van der Waals surface area (Å²) in [6.07, 6.45) is 14.6. The van der Waals surface area contributed by atoms with E-state index in [1.54, 1.807) is 0 Å². The summed E-state index contributed by atoms with van der Waals surface area (Å²) in [4.78, 5) is 9.04. The first-order chi connectivity index (χ1) is 31.6. The zero-order valence-electron chi connectivity index (χ0n) is 36.6. The van der Waals surface area contributed by atoms with E-state index in [4.69, 9.17) is 4.98 Å². The average molecular weight is 830 g/mol. The minimum atomic E-state index is 0.851. The first kappa shape index (κ1) is 42.4. The third-order valence-electron chi connectivity index (χ3n) is 11.1. The van der Waals surface area contributed by atoms with Gasteiger partial charge in [-0.1, -0.05) is 152 Å². The third-order valence-corrected chi connectivity index (χ3v) is 11.1. The van der Waals surface area contributed by atoms with E-state index in [9.17, 15) is 0 Å². The van der Waals surface area contributed by atoms with Gasteiger partial charge in [0.1, 0.15) is 5.82 Å². The first-order valence-electron chi connectivity index (χ1n) is 21.6. The van der Waals surface area contributed by atoms with Gasteiger partial charge >= 0.3 is 0 Å². The van der Waals surface area contributed by atoms with E-state index >= 15 is 0 Å². The van der Waals surface area contributed by atoms with Crippen molar-refractivity contribution in [1.29, 1.82) is 0 Å². The fraction of sp³-hybridized carbons (Fsp3) is 0.0508. The first-order valence-corrected chi connectivity index (χ1v) is 21.6. The van der Waals surface area contributed by atoms with Crippen LogP contribution in [0.5, 0.6) is 0 Å². The van der Waals surface area contributed by atoms with Crippen molar-refractivity contribution in [3.63, 3.8) is 0 Å². The Morgan fingerprint density at radius 2 is 1.23 bits per heavy atom. The minimum Gasteiger partial charge on any atom is -0.354 e. The van der Waals surface area contributed by atoms with Crippen molar-refractivity contribution in [2.75, 3.05) is 5.32 Å². The number of hydrogen-bond acceptors (Lipinski definition) is 3. The number of hydrogen-bond donors (Lipinski definition) is 1. The summed E-state index contributed by atoms with van der Waals surface area (Å²) in [5.41, 5.74) is 15.0. The van der Waals surface area contributed by atoms with Crippen LogP contribution in [0, 0.1) is 0 Å². The molecule has 0 amide bonds. The van der Waals surface area contributed by atoms with E-state index in [-0.39, 0.29) is 0 Å². The van der Waals surface area contributed by atoms with Crippen molar-refractivity contribution < 1.29 is 0 Å². The van der Waals surface area contributed by atoms with Crippen LogP contribution in [0.3, 0.4) is 0 Å². The molecule has 312 valence electrons. The van der Waals surface area contributed by atoms with Crippen molar-refractivity contribution in [2.24, 2.45) is 4.99 Å². The average Bonchev–Trinajstić information content (AvgIpc) is 3.90. The summed E-state index contributed by atoms with van der Waals surface area (Å²) in [6, 6.07) is 63.1. The standard InChI is InChI=1S/C46H39N3.C13H12N2/c1-5-18-36(32-33(7-3)46-47-41(8-4)43(19-6-2)49(46)38-22-13-10-14-23-38)34-28-30-35(31-29-34)39-25-17-27-44-45(39)40-24-15-16-26-42(40)48(44)37-20-11-9-12-21-37;1-14-12-9-5-6-10-13(12)15-11-7-3-2-4-8-11/h5-32H,4H2,1-3H3;2-10,15H,1H2/b18-5+,19-6-,33-7+,36-32+;. The highest BCUT2D eigenvalue weighted by Crippen LogP contribution is 2.39. The molecule has 5 heteroatoms. The number of allylic oxidation sites excluding steroid dienone is 7. The maximum absolute atomic E-state index is 5.09. The topological polar surface area (TPSA) is 47.1 Å².